The van der Waals surface area contributed by atoms with Gasteiger partial charge in [0.2, 0.25) is 0 Å². The maximum Gasteiger partial charge on any atom is 0.132 e. The van der Waals surface area contributed by atoms with Gasteiger partial charge >= 0.3 is 0 Å². The number of hydrogen-bond acceptors (Lipinski definition) is 1. The van der Waals surface area contributed by atoms with Crippen LogP contribution in [0.1, 0.15) is 23.7 Å². The maximum absolute atomic E-state index is 6.35. The molecule has 0 aliphatic rings. The Kier molecular flexibility index (Phi) is 3.45. The SMILES string of the molecule is Cc1cccc2nc(C(C)Cl)n(-c3ccccc3Cl)c12. The highest BCUT2D eigenvalue weighted by atomic mass is 35.5. The molecule has 102 valence electrons. The first-order valence-corrected chi connectivity index (χ1v) is 7.28. The number of halogens is 2. The van der Waals surface area contributed by atoms with E-state index >= 15 is 0 Å². The summed E-state index contributed by atoms with van der Waals surface area (Å²) in [6.07, 6.45) is 0. The summed E-state index contributed by atoms with van der Waals surface area (Å²) in [5.41, 5.74) is 4.06. The van der Waals surface area contributed by atoms with Crippen molar-refractivity contribution in [2.75, 3.05) is 0 Å². The van der Waals surface area contributed by atoms with Crippen LogP contribution in [-0.2, 0) is 0 Å². The lowest BCUT2D eigenvalue weighted by molar-refractivity contribution is 0.881. The van der Waals surface area contributed by atoms with E-state index < -0.39 is 0 Å². The van der Waals surface area contributed by atoms with Gasteiger partial charge in [-0.25, -0.2) is 4.98 Å². The second-order valence-corrected chi connectivity index (χ2v) is 5.88. The van der Waals surface area contributed by atoms with Gasteiger partial charge in [-0.2, -0.15) is 0 Å². The third-order valence-corrected chi connectivity index (χ3v) is 3.87. The van der Waals surface area contributed by atoms with E-state index in [1.165, 1.54) is 0 Å². The van der Waals surface area contributed by atoms with Gasteiger partial charge in [-0.15, -0.1) is 11.6 Å². The second kappa shape index (κ2) is 5.12. The van der Waals surface area contributed by atoms with E-state index in [2.05, 4.69) is 22.5 Å². The highest BCUT2D eigenvalue weighted by molar-refractivity contribution is 6.32. The molecule has 2 nitrogen and oxygen atoms in total. The molecule has 3 aromatic rings. The topological polar surface area (TPSA) is 17.8 Å². The summed E-state index contributed by atoms with van der Waals surface area (Å²) in [7, 11) is 0. The first-order chi connectivity index (χ1) is 9.59. The Morgan fingerprint density at radius 1 is 1.10 bits per heavy atom. The zero-order chi connectivity index (χ0) is 14.3. The van der Waals surface area contributed by atoms with E-state index in [-0.39, 0.29) is 5.38 Å². The van der Waals surface area contributed by atoms with Crippen molar-refractivity contribution in [2.45, 2.75) is 19.2 Å². The average Bonchev–Trinajstić information content (AvgIpc) is 2.80. The standard InChI is InChI=1S/C16H14Cl2N2/c1-10-6-5-8-13-15(10)20(16(19-13)11(2)17)14-9-4-3-7-12(14)18/h3-9,11H,1-2H3. The lowest BCUT2D eigenvalue weighted by atomic mass is 10.2. The van der Waals surface area contributed by atoms with Crippen molar-refractivity contribution >= 4 is 34.2 Å². The predicted molar refractivity (Wildman–Crippen MR) is 85.1 cm³/mol. The molecule has 0 fully saturated rings. The zero-order valence-corrected chi connectivity index (χ0v) is 12.8. The van der Waals surface area contributed by atoms with Crippen molar-refractivity contribution in [3.63, 3.8) is 0 Å². The van der Waals surface area contributed by atoms with Crippen LogP contribution in [-0.4, -0.2) is 9.55 Å². The summed E-state index contributed by atoms with van der Waals surface area (Å²) in [5.74, 6) is 0.809. The fourth-order valence-corrected chi connectivity index (χ4v) is 2.82. The monoisotopic (exact) mass is 304 g/mol. The van der Waals surface area contributed by atoms with E-state index in [4.69, 9.17) is 23.2 Å². The summed E-state index contributed by atoms with van der Waals surface area (Å²) in [4.78, 5) is 4.66. The molecule has 0 amide bonds. The molecule has 0 N–H and O–H groups in total. The molecule has 1 atom stereocenters. The molecule has 20 heavy (non-hydrogen) atoms. The van der Waals surface area contributed by atoms with Crippen LogP contribution in [0.3, 0.4) is 0 Å². The Morgan fingerprint density at radius 2 is 1.85 bits per heavy atom. The molecule has 0 saturated heterocycles. The van der Waals surface area contributed by atoms with Crippen LogP contribution in [0.25, 0.3) is 16.7 Å². The third kappa shape index (κ3) is 2.09. The summed E-state index contributed by atoms with van der Waals surface area (Å²) >= 11 is 12.7. The minimum absolute atomic E-state index is 0.196. The molecule has 3 rings (SSSR count). The number of hydrogen-bond donors (Lipinski definition) is 0. The molecule has 4 heteroatoms. The summed E-state index contributed by atoms with van der Waals surface area (Å²) in [6.45, 7) is 3.99. The van der Waals surface area contributed by atoms with Crippen molar-refractivity contribution in [3.05, 3.63) is 58.9 Å². The first kappa shape index (κ1) is 13.5. The number of aromatic nitrogens is 2. The normalized spacial score (nSPS) is 12.8. The summed E-state index contributed by atoms with van der Waals surface area (Å²) in [5, 5.41) is 0.492. The lowest BCUT2D eigenvalue weighted by Gasteiger charge is -2.13. The Morgan fingerprint density at radius 3 is 2.55 bits per heavy atom. The molecule has 1 aromatic heterocycles. The van der Waals surface area contributed by atoms with E-state index in [1.807, 2.05) is 43.3 Å². The van der Waals surface area contributed by atoms with Gasteiger partial charge in [0.25, 0.3) is 0 Å². The van der Waals surface area contributed by atoms with Crippen molar-refractivity contribution in [2.24, 2.45) is 0 Å². The quantitative estimate of drug-likeness (QED) is 0.588. The molecule has 1 heterocycles. The number of para-hydroxylation sites is 2. The van der Waals surface area contributed by atoms with Crippen LogP contribution in [0, 0.1) is 6.92 Å². The van der Waals surface area contributed by atoms with Gasteiger partial charge < -0.3 is 0 Å². The smallest absolute Gasteiger partial charge is 0.132 e. The van der Waals surface area contributed by atoms with Gasteiger partial charge in [0.1, 0.15) is 5.82 Å². The summed E-state index contributed by atoms with van der Waals surface area (Å²) < 4.78 is 2.06. The number of alkyl halides is 1. The number of nitrogens with zero attached hydrogens (tertiary/aromatic N) is 2. The lowest BCUT2D eigenvalue weighted by Crippen LogP contribution is -2.03. The van der Waals surface area contributed by atoms with Crippen molar-refractivity contribution in [3.8, 4) is 5.69 Å². The van der Waals surface area contributed by atoms with Gasteiger partial charge in [-0.3, -0.25) is 4.57 Å². The molecule has 0 aliphatic heterocycles. The molecular weight excluding hydrogens is 291 g/mol. The third-order valence-electron chi connectivity index (χ3n) is 3.35. The van der Waals surface area contributed by atoms with E-state index in [0.29, 0.717) is 5.02 Å². The number of fused-ring (bicyclic) bond motifs is 1. The fourth-order valence-electron chi connectivity index (χ4n) is 2.46. The van der Waals surface area contributed by atoms with Crippen molar-refractivity contribution < 1.29 is 0 Å². The minimum Gasteiger partial charge on any atom is -0.293 e. The minimum atomic E-state index is -0.196. The Balaban J connectivity index is 2.44. The Labute approximate surface area is 128 Å². The molecule has 1 unspecified atom stereocenters. The van der Waals surface area contributed by atoms with Crippen LogP contribution in [0.5, 0.6) is 0 Å². The van der Waals surface area contributed by atoms with Crippen LogP contribution in [0.2, 0.25) is 5.02 Å². The fraction of sp³-hybridized carbons (Fsp3) is 0.188. The van der Waals surface area contributed by atoms with Crippen LogP contribution >= 0.6 is 23.2 Å². The van der Waals surface area contributed by atoms with Gasteiger partial charge in [0.05, 0.1) is 27.1 Å². The van der Waals surface area contributed by atoms with Crippen molar-refractivity contribution in [1.82, 2.24) is 9.55 Å². The van der Waals surface area contributed by atoms with Gasteiger partial charge in [0.15, 0.2) is 0 Å². The first-order valence-electron chi connectivity index (χ1n) is 6.46. The molecule has 0 radical (unpaired) electrons. The Bertz CT molecular complexity index is 775. The van der Waals surface area contributed by atoms with Gasteiger partial charge in [0, 0.05) is 0 Å². The predicted octanol–water partition coefficient (Wildman–Crippen LogP) is 5.29. The second-order valence-electron chi connectivity index (χ2n) is 4.82. The van der Waals surface area contributed by atoms with Crippen molar-refractivity contribution in [1.29, 1.82) is 0 Å². The molecule has 0 spiro atoms. The summed E-state index contributed by atoms with van der Waals surface area (Å²) in [6, 6.07) is 13.8. The number of imidazole rings is 1. The highest BCUT2D eigenvalue weighted by Crippen LogP contribution is 2.32. The Hall–Kier alpha value is -1.51. The molecule has 0 bridgehead atoms. The molecule has 0 saturated carbocycles. The van der Waals surface area contributed by atoms with Crippen LogP contribution in [0.4, 0.5) is 0 Å². The van der Waals surface area contributed by atoms with E-state index in [9.17, 15) is 0 Å². The van der Waals surface area contributed by atoms with E-state index in [0.717, 1.165) is 28.1 Å². The largest absolute Gasteiger partial charge is 0.293 e. The molecule has 2 aromatic carbocycles. The number of aryl methyl sites for hydroxylation is 1. The number of benzene rings is 2. The average molecular weight is 305 g/mol. The van der Waals surface area contributed by atoms with Gasteiger partial charge in [-0.1, -0.05) is 35.9 Å². The van der Waals surface area contributed by atoms with E-state index in [1.54, 1.807) is 0 Å². The zero-order valence-electron chi connectivity index (χ0n) is 11.3. The van der Waals surface area contributed by atoms with Gasteiger partial charge in [-0.05, 0) is 37.6 Å². The number of rotatable bonds is 2. The van der Waals surface area contributed by atoms with Crippen LogP contribution in [0.15, 0.2) is 42.5 Å². The highest BCUT2D eigenvalue weighted by Gasteiger charge is 2.18. The van der Waals surface area contributed by atoms with Crippen LogP contribution < -0.4 is 0 Å². The molecule has 0 aliphatic carbocycles. The molecular formula is C16H14Cl2N2. The maximum atomic E-state index is 6.35.